The van der Waals surface area contributed by atoms with Crippen molar-refractivity contribution >= 4 is 9.84 Å². The van der Waals surface area contributed by atoms with Gasteiger partial charge in [0.2, 0.25) is 0 Å². The van der Waals surface area contributed by atoms with Crippen molar-refractivity contribution in [1.29, 1.82) is 0 Å². The van der Waals surface area contributed by atoms with Crippen LogP contribution in [0.4, 0.5) is 0 Å². The molecule has 15 heavy (non-hydrogen) atoms. The average Bonchev–Trinajstić information content (AvgIpc) is 2.07. The molecule has 2 atom stereocenters. The minimum atomic E-state index is -2.89. The van der Waals surface area contributed by atoms with E-state index in [-0.39, 0.29) is 23.6 Å². The van der Waals surface area contributed by atoms with Crippen LogP contribution in [0, 0.1) is 18.9 Å². The highest BCUT2D eigenvalue weighted by molar-refractivity contribution is 7.91. The van der Waals surface area contributed by atoms with Crippen LogP contribution in [-0.4, -0.2) is 36.9 Å². The van der Waals surface area contributed by atoms with Gasteiger partial charge in [0.25, 0.3) is 0 Å². The molecular weight excluding hydrogens is 210 g/mol. The molecule has 0 saturated carbocycles. The molecule has 0 aromatic rings. The Bertz CT molecular complexity index is 285. The van der Waals surface area contributed by atoms with Crippen molar-refractivity contribution in [1.82, 2.24) is 4.90 Å². The van der Waals surface area contributed by atoms with E-state index in [1.807, 2.05) is 4.90 Å². The SMILES string of the molecule is [CH2-]N1[C@H](C(C)C)CS(=O)(=O)C[C@H]1C(C)C. The van der Waals surface area contributed by atoms with E-state index in [1.54, 1.807) is 0 Å². The van der Waals surface area contributed by atoms with E-state index in [9.17, 15) is 8.42 Å². The number of rotatable bonds is 2. The highest BCUT2D eigenvalue weighted by atomic mass is 32.2. The minimum absolute atomic E-state index is 0.0659. The van der Waals surface area contributed by atoms with Gasteiger partial charge in [0.05, 0.1) is 11.5 Å². The standard InChI is InChI=1S/C11H22NO2S/c1-8(2)10-6-15(13,14)7-11(9(3)4)12(10)5/h8-11H,5-7H2,1-4H3/q-1/t10-,11-/m0/s1. The van der Waals surface area contributed by atoms with Gasteiger partial charge in [-0.3, -0.25) is 7.05 Å². The first kappa shape index (κ1) is 13.0. The van der Waals surface area contributed by atoms with E-state index in [1.165, 1.54) is 0 Å². The minimum Gasteiger partial charge on any atom is -0.452 e. The predicted molar refractivity (Wildman–Crippen MR) is 63.1 cm³/mol. The number of sulfone groups is 1. The van der Waals surface area contributed by atoms with Crippen LogP contribution in [-0.2, 0) is 9.84 Å². The van der Waals surface area contributed by atoms with Gasteiger partial charge in [-0.15, -0.1) is 0 Å². The third-order valence-corrected chi connectivity index (χ3v) is 4.94. The Labute approximate surface area is 93.8 Å². The van der Waals surface area contributed by atoms with Gasteiger partial charge in [0, 0.05) is 0 Å². The van der Waals surface area contributed by atoms with Crippen LogP contribution in [0.15, 0.2) is 0 Å². The van der Waals surface area contributed by atoms with Gasteiger partial charge in [0.1, 0.15) is 0 Å². The Morgan fingerprint density at radius 1 is 1.07 bits per heavy atom. The summed E-state index contributed by atoms with van der Waals surface area (Å²) in [6.45, 7) is 8.23. The maximum atomic E-state index is 11.8. The molecule has 0 aromatic carbocycles. The monoisotopic (exact) mass is 232 g/mol. The molecule has 1 aliphatic heterocycles. The van der Waals surface area contributed by atoms with Crippen LogP contribution in [0.1, 0.15) is 27.7 Å². The highest BCUT2D eigenvalue weighted by Crippen LogP contribution is 2.26. The van der Waals surface area contributed by atoms with E-state index < -0.39 is 9.84 Å². The topological polar surface area (TPSA) is 37.4 Å². The zero-order chi connectivity index (χ0) is 11.8. The highest BCUT2D eigenvalue weighted by Gasteiger charge is 2.35. The van der Waals surface area contributed by atoms with E-state index in [0.717, 1.165) is 0 Å². The Kier molecular flexibility index (Phi) is 3.82. The molecule has 4 heteroatoms. The van der Waals surface area contributed by atoms with Gasteiger partial charge >= 0.3 is 0 Å². The lowest BCUT2D eigenvalue weighted by molar-refractivity contribution is 0.143. The number of hydrogen-bond acceptors (Lipinski definition) is 3. The van der Waals surface area contributed by atoms with E-state index in [4.69, 9.17) is 0 Å². The second-order valence-corrected chi connectivity index (χ2v) is 7.37. The molecule has 1 rings (SSSR count). The zero-order valence-corrected chi connectivity index (χ0v) is 10.9. The maximum absolute atomic E-state index is 11.8. The average molecular weight is 232 g/mol. The Balaban J connectivity index is 2.94. The summed E-state index contributed by atoms with van der Waals surface area (Å²) in [4.78, 5) is 2.01. The van der Waals surface area contributed by atoms with Gasteiger partial charge < -0.3 is 4.90 Å². The molecule has 0 aromatic heterocycles. The van der Waals surface area contributed by atoms with Crippen molar-refractivity contribution in [2.45, 2.75) is 39.8 Å². The molecule has 0 amide bonds. The number of hydrogen-bond donors (Lipinski definition) is 0. The van der Waals surface area contributed by atoms with Gasteiger partial charge in [-0.1, -0.05) is 27.7 Å². The summed E-state index contributed by atoms with van der Waals surface area (Å²) in [6, 6.07) is 0.132. The first-order valence-electron chi connectivity index (χ1n) is 5.54. The van der Waals surface area contributed by atoms with Gasteiger partial charge in [-0.2, -0.15) is 0 Å². The van der Waals surface area contributed by atoms with E-state index in [2.05, 4.69) is 34.7 Å². The summed E-state index contributed by atoms with van der Waals surface area (Å²) in [6.07, 6.45) is 0. The Morgan fingerprint density at radius 3 is 1.67 bits per heavy atom. The van der Waals surface area contributed by atoms with Crippen LogP contribution in [0.2, 0.25) is 0 Å². The lowest BCUT2D eigenvalue weighted by atomic mass is 9.98. The fourth-order valence-corrected chi connectivity index (χ4v) is 4.51. The molecule has 1 saturated heterocycles. The number of nitrogens with zero attached hydrogens (tertiary/aromatic N) is 1. The van der Waals surface area contributed by atoms with Crippen molar-refractivity contribution in [2.75, 3.05) is 11.5 Å². The lowest BCUT2D eigenvalue weighted by Crippen LogP contribution is -2.55. The summed E-state index contributed by atoms with van der Waals surface area (Å²) in [5, 5.41) is 0. The van der Waals surface area contributed by atoms with Crippen LogP contribution in [0.25, 0.3) is 0 Å². The molecule has 0 spiro atoms. The molecule has 0 radical (unpaired) electrons. The summed E-state index contributed by atoms with van der Waals surface area (Å²) in [5.41, 5.74) is 0. The largest absolute Gasteiger partial charge is 0.452 e. The van der Waals surface area contributed by atoms with Crippen molar-refractivity contribution in [2.24, 2.45) is 11.8 Å². The fourth-order valence-electron chi connectivity index (χ4n) is 2.18. The molecule has 1 aliphatic rings. The molecule has 90 valence electrons. The first-order valence-corrected chi connectivity index (χ1v) is 7.36. The summed E-state index contributed by atoms with van der Waals surface area (Å²) < 4.78 is 23.5. The third kappa shape index (κ3) is 2.94. The van der Waals surface area contributed by atoms with Crippen LogP contribution in [0.3, 0.4) is 0 Å². The Hall–Kier alpha value is -0.0900. The molecule has 0 aliphatic carbocycles. The van der Waals surface area contributed by atoms with E-state index in [0.29, 0.717) is 11.8 Å². The van der Waals surface area contributed by atoms with Crippen LogP contribution < -0.4 is 0 Å². The van der Waals surface area contributed by atoms with Crippen LogP contribution in [0.5, 0.6) is 0 Å². The smallest absolute Gasteiger partial charge is 0.153 e. The second-order valence-electron chi connectivity index (χ2n) is 5.21. The lowest BCUT2D eigenvalue weighted by Gasteiger charge is -2.49. The van der Waals surface area contributed by atoms with Crippen molar-refractivity contribution < 1.29 is 8.42 Å². The van der Waals surface area contributed by atoms with Gasteiger partial charge in [0.15, 0.2) is 9.84 Å². The van der Waals surface area contributed by atoms with E-state index >= 15 is 0 Å². The molecule has 1 fully saturated rings. The van der Waals surface area contributed by atoms with Gasteiger partial charge in [-0.05, 0) is 23.9 Å². The summed E-state index contributed by atoms with van der Waals surface area (Å²) in [7, 11) is 1.15. The Morgan fingerprint density at radius 2 is 1.40 bits per heavy atom. The quantitative estimate of drug-likeness (QED) is 0.678. The normalized spacial score (nSPS) is 32.5. The zero-order valence-electron chi connectivity index (χ0n) is 10.1. The van der Waals surface area contributed by atoms with Gasteiger partial charge in [-0.25, -0.2) is 8.42 Å². The van der Waals surface area contributed by atoms with Crippen molar-refractivity contribution in [3.8, 4) is 0 Å². The van der Waals surface area contributed by atoms with Crippen LogP contribution >= 0.6 is 0 Å². The summed E-state index contributed by atoms with van der Waals surface area (Å²) in [5.74, 6) is 1.19. The first-order chi connectivity index (χ1) is 6.74. The molecule has 0 bridgehead atoms. The molecular formula is C11H22NO2S-. The third-order valence-electron chi connectivity index (χ3n) is 3.24. The molecule has 1 heterocycles. The molecule has 0 unspecified atom stereocenters. The predicted octanol–water partition coefficient (Wildman–Crippen LogP) is 1.56. The summed E-state index contributed by atoms with van der Waals surface area (Å²) >= 11 is 0. The van der Waals surface area contributed by atoms with Crippen molar-refractivity contribution in [3.05, 3.63) is 7.05 Å². The maximum Gasteiger partial charge on any atom is 0.153 e. The second kappa shape index (κ2) is 4.42. The molecule has 3 nitrogen and oxygen atoms in total. The van der Waals surface area contributed by atoms with Crippen molar-refractivity contribution in [3.63, 3.8) is 0 Å². The molecule has 0 N–H and O–H groups in total. The fraction of sp³-hybridized carbons (Fsp3) is 0.909.